The summed E-state index contributed by atoms with van der Waals surface area (Å²) in [4.78, 5) is 13.8. The van der Waals surface area contributed by atoms with Gasteiger partial charge >= 0.3 is 0 Å². The van der Waals surface area contributed by atoms with Crippen LogP contribution in [-0.4, -0.2) is 11.7 Å². The molecule has 0 aromatic heterocycles. The van der Waals surface area contributed by atoms with E-state index in [1.165, 1.54) is 19.3 Å². The molecule has 0 saturated heterocycles. The second kappa shape index (κ2) is 9.03. The summed E-state index contributed by atoms with van der Waals surface area (Å²) in [6, 6.07) is 0. The molecule has 13 heavy (non-hydrogen) atoms. The van der Waals surface area contributed by atoms with Gasteiger partial charge in [-0.2, -0.15) is 0 Å². The Labute approximate surface area is 78.7 Å². The molecule has 0 radical (unpaired) electrons. The smallest absolute Gasteiger partial charge is 0.294 e. The Kier molecular flexibility index (Phi) is 8.30. The van der Waals surface area contributed by atoms with E-state index in [0.29, 0.717) is 0 Å². The van der Waals surface area contributed by atoms with Gasteiger partial charge in [0.15, 0.2) is 0 Å². The van der Waals surface area contributed by atoms with E-state index in [2.05, 4.69) is 11.8 Å². The van der Waals surface area contributed by atoms with Crippen LogP contribution >= 0.6 is 0 Å². The van der Waals surface area contributed by atoms with Crippen LogP contribution in [0.15, 0.2) is 12.2 Å². The van der Waals surface area contributed by atoms with Crippen molar-refractivity contribution < 1.29 is 9.92 Å². The van der Waals surface area contributed by atoms with Crippen LogP contribution in [-0.2, 0) is 4.84 Å². The van der Waals surface area contributed by atoms with Crippen LogP contribution in [0.2, 0.25) is 0 Å². The number of allylic oxidation sites excluding steroid dienone is 1. The number of rotatable bonds is 8. The molecule has 4 heteroatoms. The van der Waals surface area contributed by atoms with Crippen LogP contribution in [0.1, 0.15) is 39.0 Å². The molecular weight excluding hydrogens is 170 g/mol. The summed E-state index contributed by atoms with van der Waals surface area (Å²) < 4.78 is 0. The zero-order chi connectivity index (χ0) is 9.94. The molecule has 0 aliphatic rings. The third-order valence-electron chi connectivity index (χ3n) is 1.67. The van der Waals surface area contributed by atoms with E-state index in [0.717, 1.165) is 12.8 Å². The molecular formula is C9H17NO3. The van der Waals surface area contributed by atoms with Gasteiger partial charge in [-0.3, -0.25) is 0 Å². The zero-order valence-electron chi connectivity index (χ0n) is 8.07. The molecule has 0 N–H and O–H groups in total. The molecule has 0 aliphatic heterocycles. The predicted octanol–water partition coefficient (Wildman–Crippen LogP) is 2.72. The number of unbranched alkanes of at least 4 members (excludes halogenated alkanes) is 4. The molecule has 0 rings (SSSR count). The van der Waals surface area contributed by atoms with Crippen LogP contribution in [0.3, 0.4) is 0 Å². The fourth-order valence-corrected chi connectivity index (χ4v) is 0.979. The maximum atomic E-state index is 9.72. The van der Waals surface area contributed by atoms with Gasteiger partial charge < -0.3 is 4.84 Å². The standard InChI is InChI=1S/C9H17NO3/c1-2-3-4-5-6-7-8-9-13-10(11)12/h7-8H,2-6,9H2,1H3. The summed E-state index contributed by atoms with van der Waals surface area (Å²) in [7, 11) is 0. The number of nitrogens with zero attached hydrogens (tertiary/aromatic N) is 1. The van der Waals surface area contributed by atoms with Crippen molar-refractivity contribution in [2.24, 2.45) is 0 Å². The van der Waals surface area contributed by atoms with Gasteiger partial charge in [-0.25, -0.2) is 0 Å². The lowest BCUT2D eigenvalue weighted by atomic mass is 10.1. The summed E-state index contributed by atoms with van der Waals surface area (Å²) in [5.74, 6) is 0. The van der Waals surface area contributed by atoms with E-state index < -0.39 is 5.09 Å². The van der Waals surface area contributed by atoms with Gasteiger partial charge in [-0.15, -0.1) is 10.1 Å². The van der Waals surface area contributed by atoms with E-state index in [-0.39, 0.29) is 6.61 Å². The molecule has 0 bridgehead atoms. The van der Waals surface area contributed by atoms with E-state index in [9.17, 15) is 10.1 Å². The van der Waals surface area contributed by atoms with Crippen molar-refractivity contribution >= 4 is 0 Å². The monoisotopic (exact) mass is 187 g/mol. The minimum absolute atomic E-state index is 0.0702. The Hall–Kier alpha value is -1.06. The predicted molar refractivity (Wildman–Crippen MR) is 50.8 cm³/mol. The second-order valence-electron chi connectivity index (χ2n) is 2.84. The first-order chi connectivity index (χ1) is 6.27. The Bertz CT molecular complexity index is 157. The van der Waals surface area contributed by atoms with E-state index in [4.69, 9.17) is 0 Å². The molecule has 4 nitrogen and oxygen atoms in total. The maximum Gasteiger partial charge on any atom is 0.294 e. The van der Waals surface area contributed by atoms with Gasteiger partial charge in [0.2, 0.25) is 0 Å². The number of hydrogen-bond donors (Lipinski definition) is 0. The van der Waals surface area contributed by atoms with Crippen LogP contribution in [0.25, 0.3) is 0 Å². The third-order valence-corrected chi connectivity index (χ3v) is 1.67. The average Bonchev–Trinajstić information content (AvgIpc) is 2.09. The van der Waals surface area contributed by atoms with E-state index in [1.54, 1.807) is 6.08 Å². The first kappa shape index (κ1) is 11.9. The minimum Gasteiger partial charge on any atom is -0.310 e. The molecule has 0 aromatic carbocycles. The Morgan fingerprint density at radius 2 is 2.08 bits per heavy atom. The molecule has 76 valence electrons. The van der Waals surface area contributed by atoms with Crippen molar-refractivity contribution in [3.63, 3.8) is 0 Å². The highest BCUT2D eigenvalue weighted by Crippen LogP contribution is 2.02. The van der Waals surface area contributed by atoms with Crippen LogP contribution in [0, 0.1) is 10.1 Å². The number of hydrogen-bond acceptors (Lipinski definition) is 3. The van der Waals surface area contributed by atoms with Crippen molar-refractivity contribution in [3.05, 3.63) is 22.3 Å². The molecule has 0 amide bonds. The lowest BCUT2D eigenvalue weighted by Crippen LogP contribution is -1.99. The van der Waals surface area contributed by atoms with Gasteiger partial charge in [-0.1, -0.05) is 38.3 Å². The molecule has 0 atom stereocenters. The highest BCUT2D eigenvalue weighted by molar-refractivity contribution is 4.80. The first-order valence-corrected chi connectivity index (χ1v) is 4.69. The highest BCUT2D eigenvalue weighted by Gasteiger charge is 1.88. The van der Waals surface area contributed by atoms with Crippen LogP contribution in [0.5, 0.6) is 0 Å². The fraction of sp³-hybridized carbons (Fsp3) is 0.778. The SMILES string of the molecule is CCCCCCC=CCO[N+](=O)[O-]. The summed E-state index contributed by atoms with van der Waals surface area (Å²) in [6.07, 6.45) is 9.49. The van der Waals surface area contributed by atoms with Gasteiger partial charge in [0.25, 0.3) is 5.09 Å². The van der Waals surface area contributed by atoms with Crippen molar-refractivity contribution in [2.45, 2.75) is 39.0 Å². The topological polar surface area (TPSA) is 52.4 Å². The fourth-order valence-electron chi connectivity index (χ4n) is 0.979. The largest absolute Gasteiger partial charge is 0.310 e. The Morgan fingerprint density at radius 3 is 2.69 bits per heavy atom. The summed E-state index contributed by atoms with van der Waals surface area (Å²) >= 11 is 0. The third kappa shape index (κ3) is 10.9. The Morgan fingerprint density at radius 1 is 1.31 bits per heavy atom. The second-order valence-corrected chi connectivity index (χ2v) is 2.84. The summed E-state index contributed by atoms with van der Waals surface area (Å²) in [5.41, 5.74) is 0. The van der Waals surface area contributed by atoms with Gasteiger partial charge in [0.1, 0.15) is 6.61 Å². The van der Waals surface area contributed by atoms with Crippen LogP contribution in [0.4, 0.5) is 0 Å². The van der Waals surface area contributed by atoms with Gasteiger partial charge in [0.05, 0.1) is 0 Å². The normalized spacial score (nSPS) is 10.5. The molecule has 0 unspecified atom stereocenters. The van der Waals surface area contributed by atoms with E-state index >= 15 is 0 Å². The molecule has 0 heterocycles. The van der Waals surface area contributed by atoms with Crippen molar-refractivity contribution in [1.82, 2.24) is 0 Å². The first-order valence-electron chi connectivity index (χ1n) is 4.69. The zero-order valence-corrected chi connectivity index (χ0v) is 8.07. The Balaban J connectivity index is 3.08. The van der Waals surface area contributed by atoms with Crippen molar-refractivity contribution in [3.8, 4) is 0 Å². The molecule has 0 aliphatic carbocycles. The maximum absolute atomic E-state index is 9.72. The molecule has 0 spiro atoms. The lowest BCUT2D eigenvalue weighted by Gasteiger charge is -1.94. The molecule has 0 fully saturated rings. The van der Waals surface area contributed by atoms with E-state index in [1.807, 2.05) is 6.08 Å². The van der Waals surface area contributed by atoms with Gasteiger partial charge in [-0.05, 0) is 12.8 Å². The van der Waals surface area contributed by atoms with Crippen molar-refractivity contribution in [2.75, 3.05) is 6.61 Å². The summed E-state index contributed by atoms with van der Waals surface area (Å²) in [6.45, 7) is 2.24. The van der Waals surface area contributed by atoms with Crippen LogP contribution < -0.4 is 0 Å². The van der Waals surface area contributed by atoms with Gasteiger partial charge in [0, 0.05) is 0 Å². The average molecular weight is 187 g/mol. The summed E-state index contributed by atoms with van der Waals surface area (Å²) in [5, 5.41) is 8.95. The highest BCUT2D eigenvalue weighted by atomic mass is 16.9. The quantitative estimate of drug-likeness (QED) is 0.254. The minimum atomic E-state index is -0.776. The lowest BCUT2D eigenvalue weighted by molar-refractivity contribution is -0.755. The molecule has 0 saturated carbocycles. The molecule has 0 aromatic rings. The van der Waals surface area contributed by atoms with Crippen molar-refractivity contribution in [1.29, 1.82) is 0 Å².